The molecule has 3 heteroatoms. The maximum Gasteiger partial charge on any atom is 0.237 e. The summed E-state index contributed by atoms with van der Waals surface area (Å²) >= 11 is 0. The van der Waals surface area contributed by atoms with Gasteiger partial charge in [0.05, 0.1) is 6.04 Å². The zero-order valence-electron chi connectivity index (χ0n) is 10.3. The van der Waals surface area contributed by atoms with Gasteiger partial charge in [-0.3, -0.25) is 4.79 Å². The van der Waals surface area contributed by atoms with E-state index in [1.165, 1.54) is 32.1 Å². The predicted octanol–water partition coefficient (Wildman–Crippen LogP) is 1.82. The smallest absolute Gasteiger partial charge is 0.237 e. The summed E-state index contributed by atoms with van der Waals surface area (Å²) in [7, 11) is 0. The molecule has 16 heavy (non-hydrogen) atoms. The molecule has 2 rings (SSSR count). The Bertz CT molecular complexity index is 240. The van der Waals surface area contributed by atoms with Gasteiger partial charge in [0, 0.05) is 6.54 Å². The van der Waals surface area contributed by atoms with Crippen molar-refractivity contribution in [3.63, 3.8) is 0 Å². The van der Waals surface area contributed by atoms with Crippen molar-refractivity contribution < 1.29 is 4.79 Å². The first-order valence-electron chi connectivity index (χ1n) is 6.71. The second-order valence-electron chi connectivity index (χ2n) is 5.74. The van der Waals surface area contributed by atoms with E-state index in [0.717, 1.165) is 25.9 Å². The van der Waals surface area contributed by atoms with Gasteiger partial charge in [0.1, 0.15) is 0 Å². The number of hydrogen-bond donors (Lipinski definition) is 2. The van der Waals surface area contributed by atoms with E-state index in [1.54, 1.807) is 0 Å². The maximum absolute atomic E-state index is 11.9. The van der Waals surface area contributed by atoms with Crippen LogP contribution in [0.5, 0.6) is 0 Å². The lowest BCUT2D eigenvalue weighted by Gasteiger charge is -2.34. The molecule has 92 valence electrons. The highest BCUT2D eigenvalue weighted by molar-refractivity contribution is 5.82. The molecule has 0 aromatic heterocycles. The summed E-state index contributed by atoms with van der Waals surface area (Å²) < 4.78 is 0. The van der Waals surface area contributed by atoms with Crippen molar-refractivity contribution in [1.29, 1.82) is 0 Å². The average molecular weight is 224 g/mol. The minimum Gasteiger partial charge on any atom is -0.354 e. The number of nitrogens with one attached hydrogen (secondary N) is 2. The van der Waals surface area contributed by atoms with Crippen molar-refractivity contribution in [3.8, 4) is 0 Å². The van der Waals surface area contributed by atoms with Gasteiger partial charge in [-0.25, -0.2) is 0 Å². The molecule has 2 fully saturated rings. The van der Waals surface area contributed by atoms with E-state index in [0.29, 0.717) is 5.41 Å². The summed E-state index contributed by atoms with van der Waals surface area (Å²) in [5.74, 6) is 0.212. The Balaban J connectivity index is 1.75. The second-order valence-corrected chi connectivity index (χ2v) is 5.74. The van der Waals surface area contributed by atoms with Gasteiger partial charge >= 0.3 is 0 Å². The minimum absolute atomic E-state index is 0.0761. The van der Waals surface area contributed by atoms with Crippen LogP contribution in [0.4, 0.5) is 0 Å². The first-order valence-corrected chi connectivity index (χ1v) is 6.71. The van der Waals surface area contributed by atoms with Crippen LogP contribution in [0, 0.1) is 5.41 Å². The molecular formula is C13H24N2O. The molecule has 0 bridgehead atoms. The van der Waals surface area contributed by atoms with Crippen LogP contribution in [0.1, 0.15) is 51.9 Å². The Morgan fingerprint density at radius 2 is 2.06 bits per heavy atom. The summed E-state index contributed by atoms with van der Waals surface area (Å²) in [5.41, 5.74) is 0.354. The van der Waals surface area contributed by atoms with Crippen molar-refractivity contribution in [3.05, 3.63) is 0 Å². The number of hydrogen-bond acceptors (Lipinski definition) is 2. The van der Waals surface area contributed by atoms with Crippen molar-refractivity contribution in [2.75, 3.05) is 13.1 Å². The topological polar surface area (TPSA) is 41.1 Å². The molecular weight excluding hydrogens is 200 g/mol. The molecule has 0 spiro atoms. The van der Waals surface area contributed by atoms with E-state index >= 15 is 0 Å². The third-order valence-electron chi connectivity index (χ3n) is 4.13. The maximum atomic E-state index is 11.9. The fourth-order valence-corrected chi connectivity index (χ4v) is 2.91. The molecule has 2 N–H and O–H groups in total. The van der Waals surface area contributed by atoms with E-state index < -0.39 is 0 Å². The second kappa shape index (κ2) is 5.17. The lowest BCUT2D eigenvalue weighted by molar-refractivity contribution is -0.123. The SMILES string of the molecule is CC1(CNC(=O)C2CCCN2)CCCCC1. The average Bonchev–Trinajstić information content (AvgIpc) is 2.80. The van der Waals surface area contributed by atoms with Crippen LogP contribution in [0.15, 0.2) is 0 Å². The van der Waals surface area contributed by atoms with Gasteiger partial charge < -0.3 is 10.6 Å². The first kappa shape index (κ1) is 11.9. The molecule has 2 aliphatic rings. The Morgan fingerprint density at radius 1 is 1.31 bits per heavy atom. The number of rotatable bonds is 3. The van der Waals surface area contributed by atoms with Crippen molar-refractivity contribution >= 4 is 5.91 Å². The molecule has 1 amide bonds. The van der Waals surface area contributed by atoms with Gasteiger partial charge in [0.2, 0.25) is 5.91 Å². The molecule has 3 nitrogen and oxygen atoms in total. The largest absolute Gasteiger partial charge is 0.354 e. The molecule has 1 saturated carbocycles. The molecule has 1 unspecified atom stereocenters. The molecule has 0 radical (unpaired) electrons. The van der Waals surface area contributed by atoms with Gasteiger partial charge in [0.25, 0.3) is 0 Å². The Labute approximate surface area is 98.4 Å². The molecule has 1 aliphatic carbocycles. The lowest BCUT2D eigenvalue weighted by Crippen LogP contribution is -2.45. The van der Waals surface area contributed by atoms with Crippen LogP contribution in [0.25, 0.3) is 0 Å². The van der Waals surface area contributed by atoms with Crippen molar-refractivity contribution in [2.45, 2.75) is 57.9 Å². The summed E-state index contributed by atoms with van der Waals surface area (Å²) in [6.07, 6.45) is 8.70. The van der Waals surface area contributed by atoms with E-state index in [-0.39, 0.29) is 11.9 Å². The van der Waals surface area contributed by atoms with Crippen LogP contribution in [0.3, 0.4) is 0 Å². The predicted molar refractivity (Wildman–Crippen MR) is 65.2 cm³/mol. The van der Waals surface area contributed by atoms with Crippen LogP contribution in [-0.4, -0.2) is 25.0 Å². The number of amides is 1. The van der Waals surface area contributed by atoms with Crippen LogP contribution in [0.2, 0.25) is 0 Å². The lowest BCUT2D eigenvalue weighted by atomic mass is 9.76. The zero-order chi connectivity index (χ0) is 11.4. The zero-order valence-corrected chi connectivity index (χ0v) is 10.3. The third-order valence-corrected chi connectivity index (χ3v) is 4.13. The van der Waals surface area contributed by atoms with Crippen molar-refractivity contribution in [1.82, 2.24) is 10.6 Å². The third kappa shape index (κ3) is 2.97. The molecule has 0 aromatic rings. The quantitative estimate of drug-likeness (QED) is 0.768. The van der Waals surface area contributed by atoms with Crippen LogP contribution < -0.4 is 10.6 Å². The standard InChI is InChI=1S/C13H24N2O/c1-13(7-3-2-4-8-13)10-15-12(16)11-6-5-9-14-11/h11,14H,2-10H2,1H3,(H,15,16). The molecule has 0 aromatic carbocycles. The fraction of sp³-hybridized carbons (Fsp3) is 0.923. The summed E-state index contributed by atoms with van der Waals surface area (Å²) in [6.45, 7) is 4.17. The van der Waals surface area contributed by atoms with Gasteiger partial charge in [-0.2, -0.15) is 0 Å². The van der Waals surface area contributed by atoms with Gasteiger partial charge in [0.15, 0.2) is 0 Å². The summed E-state index contributed by atoms with van der Waals surface area (Å²) in [4.78, 5) is 11.9. The Morgan fingerprint density at radius 3 is 2.69 bits per heavy atom. The highest BCUT2D eigenvalue weighted by Gasteiger charge is 2.29. The van der Waals surface area contributed by atoms with Gasteiger partial charge in [-0.05, 0) is 37.6 Å². The normalized spacial score (nSPS) is 28.9. The van der Waals surface area contributed by atoms with Crippen molar-refractivity contribution in [2.24, 2.45) is 5.41 Å². The van der Waals surface area contributed by atoms with E-state index in [9.17, 15) is 4.79 Å². The molecule has 1 heterocycles. The van der Waals surface area contributed by atoms with Crippen LogP contribution >= 0.6 is 0 Å². The van der Waals surface area contributed by atoms with E-state index in [1.807, 2.05) is 0 Å². The molecule has 1 aliphatic heterocycles. The Kier molecular flexibility index (Phi) is 3.85. The van der Waals surface area contributed by atoms with Gasteiger partial charge in [-0.1, -0.05) is 26.2 Å². The van der Waals surface area contributed by atoms with Gasteiger partial charge in [-0.15, -0.1) is 0 Å². The summed E-state index contributed by atoms with van der Waals surface area (Å²) in [6, 6.07) is 0.0761. The first-order chi connectivity index (χ1) is 7.70. The fourth-order valence-electron chi connectivity index (χ4n) is 2.91. The minimum atomic E-state index is 0.0761. The highest BCUT2D eigenvalue weighted by atomic mass is 16.2. The Hall–Kier alpha value is -0.570. The van der Waals surface area contributed by atoms with E-state index in [2.05, 4.69) is 17.6 Å². The molecule has 1 saturated heterocycles. The molecule has 1 atom stereocenters. The monoisotopic (exact) mass is 224 g/mol. The van der Waals surface area contributed by atoms with E-state index in [4.69, 9.17) is 0 Å². The number of carbonyl (C=O) groups excluding carboxylic acids is 1. The summed E-state index contributed by atoms with van der Waals surface area (Å²) in [5, 5.41) is 6.38. The number of carbonyl (C=O) groups is 1. The highest BCUT2D eigenvalue weighted by Crippen LogP contribution is 2.34. The van der Waals surface area contributed by atoms with Crippen LogP contribution in [-0.2, 0) is 4.79 Å².